The molecule has 2 aromatic carbocycles. The molecule has 2 aliphatic rings. The van der Waals surface area contributed by atoms with E-state index >= 15 is 0 Å². The fourth-order valence-electron chi connectivity index (χ4n) is 4.62. The van der Waals surface area contributed by atoms with Crippen LogP contribution in [0.4, 0.5) is 15.9 Å². The molecule has 0 radical (unpaired) electrons. The van der Waals surface area contributed by atoms with Crippen molar-refractivity contribution in [3.05, 3.63) is 92.8 Å². The standard InChI is InChI=1S/C24H19FN6O2S/c1-2-34-23-29-20-18(21(32)30-23)24(16(11-26)19(27)28-20)15-5-3-4-6-17(15)31(22(24)33)12-13-7-9-14(25)10-8-13/h3-10H,2,12,27H2,1H3,(H2,28,29,30,32)/t24-/m0/s1. The minimum Gasteiger partial charge on any atom is -0.384 e. The van der Waals surface area contributed by atoms with Gasteiger partial charge in [-0.15, -0.1) is 0 Å². The van der Waals surface area contributed by atoms with Crippen LogP contribution in [0.1, 0.15) is 23.6 Å². The number of halogens is 1. The first-order chi connectivity index (χ1) is 16.4. The van der Waals surface area contributed by atoms with E-state index in [0.29, 0.717) is 27.7 Å². The monoisotopic (exact) mass is 474 g/mol. The van der Waals surface area contributed by atoms with Crippen molar-refractivity contribution < 1.29 is 9.18 Å². The van der Waals surface area contributed by atoms with Gasteiger partial charge in [0.1, 0.15) is 28.9 Å². The zero-order chi connectivity index (χ0) is 24.0. The van der Waals surface area contributed by atoms with Crippen LogP contribution in [0.25, 0.3) is 0 Å². The maximum atomic E-state index is 14.2. The number of nitrogens with two attached hydrogens (primary N) is 1. The minimum absolute atomic E-state index is 0.0257. The molecule has 0 unspecified atom stereocenters. The second-order valence-electron chi connectivity index (χ2n) is 7.84. The normalized spacial score (nSPS) is 18.5. The number of aromatic amines is 1. The Bertz CT molecular complexity index is 1460. The summed E-state index contributed by atoms with van der Waals surface area (Å²) in [6, 6.07) is 14.9. The number of benzene rings is 2. The van der Waals surface area contributed by atoms with Gasteiger partial charge in [-0.25, -0.2) is 9.37 Å². The van der Waals surface area contributed by atoms with Gasteiger partial charge >= 0.3 is 0 Å². The number of hydrogen-bond donors (Lipinski definition) is 3. The number of para-hydroxylation sites is 1. The van der Waals surface area contributed by atoms with Crippen LogP contribution < -0.4 is 21.5 Å². The molecule has 1 aromatic heterocycles. The lowest BCUT2D eigenvalue weighted by atomic mass is 9.69. The number of aromatic nitrogens is 2. The van der Waals surface area contributed by atoms with Crippen LogP contribution in [0, 0.1) is 17.1 Å². The zero-order valence-electron chi connectivity index (χ0n) is 18.1. The van der Waals surface area contributed by atoms with Gasteiger partial charge in [-0.2, -0.15) is 5.26 Å². The molecule has 3 heterocycles. The molecule has 0 fully saturated rings. The number of nitriles is 1. The van der Waals surface area contributed by atoms with E-state index in [4.69, 9.17) is 5.73 Å². The summed E-state index contributed by atoms with van der Waals surface area (Å²) in [5.41, 5.74) is 5.61. The third-order valence-electron chi connectivity index (χ3n) is 5.98. The summed E-state index contributed by atoms with van der Waals surface area (Å²) in [5.74, 6) is -0.102. The van der Waals surface area contributed by atoms with Crippen molar-refractivity contribution in [3.63, 3.8) is 0 Å². The second kappa shape index (κ2) is 8.04. The van der Waals surface area contributed by atoms with Crippen LogP contribution in [0.15, 0.2) is 69.9 Å². The van der Waals surface area contributed by atoms with Crippen LogP contribution in [0.5, 0.6) is 0 Å². The highest BCUT2D eigenvalue weighted by Crippen LogP contribution is 2.53. The van der Waals surface area contributed by atoms with Gasteiger partial charge < -0.3 is 20.9 Å². The molecule has 170 valence electrons. The fraction of sp³-hybridized carbons (Fsp3) is 0.167. The predicted octanol–water partition coefficient (Wildman–Crippen LogP) is 2.97. The third-order valence-corrected chi connectivity index (χ3v) is 6.74. The number of nitrogens with zero attached hydrogens (tertiary/aromatic N) is 3. The summed E-state index contributed by atoms with van der Waals surface area (Å²) in [7, 11) is 0. The molecule has 0 bridgehead atoms. The molecule has 34 heavy (non-hydrogen) atoms. The van der Waals surface area contributed by atoms with Crippen LogP contribution in [-0.2, 0) is 16.8 Å². The number of nitrogens with one attached hydrogen (secondary N) is 2. The number of carbonyl (C=O) groups excluding carboxylic acids is 1. The average Bonchev–Trinajstić information content (AvgIpc) is 3.04. The lowest BCUT2D eigenvalue weighted by Gasteiger charge is -2.34. The molecule has 5 rings (SSSR count). The van der Waals surface area contributed by atoms with Crippen molar-refractivity contribution in [2.45, 2.75) is 24.0 Å². The summed E-state index contributed by atoms with van der Waals surface area (Å²) in [5, 5.41) is 13.3. The Morgan fingerprint density at radius 1 is 1.21 bits per heavy atom. The zero-order valence-corrected chi connectivity index (χ0v) is 18.9. The van der Waals surface area contributed by atoms with Crippen molar-refractivity contribution in [1.82, 2.24) is 9.97 Å². The average molecular weight is 475 g/mol. The highest BCUT2D eigenvalue weighted by Gasteiger charge is 2.60. The molecule has 10 heteroatoms. The minimum atomic E-state index is -1.76. The first-order valence-electron chi connectivity index (χ1n) is 10.5. The van der Waals surface area contributed by atoms with Gasteiger partial charge in [0.2, 0.25) is 5.91 Å². The fourth-order valence-corrected chi connectivity index (χ4v) is 5.22. The summed E-state index contributed by atoms with van der Waals surface area (Å²) < 4.78 is 13.4. The Balaban J connectivity index is 1.78. The third kappa shape index (κ3) is 3.01. The maximum absolute atomic E-state index is 14.2. The van der Waals surface area contributed by atoms with E-state index in [9.17, 15) is 19.2 Å². The van der Waals surface area contributed by atoms with Gasteiger partial charge in [-0.1, -0.05) is 49.0 Å². The van der Waals surface area contributed by atoms with Gasteiger partial charge in [-0.3, -0.25) is 9.59 Å². The Kier molecular flexibility index (Phi) is 5.14. The van der Waals surface area contributed by atoms with Gasteiger partial charge in [0.15, 0.2) is 5.16 Å². The number of thioether (sulfide) groups is 1. The van der Waals surface area contributed by atoms with E-state index in [0.717, 1.165) is 0 Å². The molecule has 8 nitrogen and oxygen atoms in total. The molecular weight excluding hydrogens is 455 g/mol. The van der Waals surface area contributed by atoms with E-state index in [-0.39, 0.29) is 35.1 Å². The van der Waals surface area contributed by atoms with Crippen molar-refractivity contribution in [2.24, 2.45) is 5.73 Å². The molecule has 4 N–H and O–H groups in total. The molecule has 0 aliphatic carbocycles. The molecule has 3 aromatic rings. The number of fused-ring (bicyclic) bond motifs is 4. The van der Waals surface area contributed by atoms with Crippen LogP contribution in [0.3, 0.4) is 0 Å². The topological polar surface area (TPSA) is 128 Å². The summed E-state index contributed by atoms with van der Waals surface area (Å²) in [6.45, 7) is 2.04. The van der Waals surface area contributed by atoms with Crippen molar-refractivity contribution in [2.75, 3.05) is 16.0 Å². The first-order valence-corrected chi connectivity index (χ1v) is 11.5. The SMILES string of the molecule is CCSc1nc2c(c(=O)[nH]1)[C@@]1(C(=O)N(Cc3ccc(F)cc3)c3ccccc31)C(C#N)=C(N)N2. The van der Waals surface area contributed by atoms with Gasteiger partial charge in [-0.05, 0) is 29.5 Å². The number of amides is 1. The quantitative estimate of drug-likeness (QED) is 0.392. The molecule has 2 aliphatic heterocycles. The van der Waals surface area contributed by atoms with Crippen molar-refractivity contribution in [1.29, 1.82) is 5.26 Å². The Labute approximate surface area is 198 Å². The predicted molar refractivity (Wildman–Crippen MR) is 127 cm³/mol. The van der Waals surface area contributed by atoms with E-state index in [1.165, 1.54) is 28.8 Å². The number of hydrogen-bond acceptors (Lipinski definition) is 7. The van der Waals surface area contributed by atoms with E-state index in [2.05, 4.69) is 21.4 Å². The lowest BCUT2D eigenvalue weighted by molar-refractivity contribution is -0.120. The van der Waals surface area contributed by atoms with Gasteiger partial charge in [0, 0.05) is 11.3 Å². The number of H-pyrrole nitrogens is 1. The van der Waals surface area contributed by atoms with Gasteiger partial charge in [0.05, 0.1) is 17.7 Å². The van der Waals surface area contributed by atoms with Gasteiger partial charge in [0.25, 0.3) is 5.56 Å². The van der Waals surface area contributed by atoms with E-state index < -0.39 is 16.9 Å². The molecule has 1 spiro atoms. The molecule has 0 saturated carbocycles. The maximum Gasteiger partial charge on any atom is 0.258 e. The van der Waals surface area contributed by atoms with E-state index in [1.54, 1.807) is 36.4 Å². The van der Waals surface area contributed by atoms with Crippen LogP contribution in [0.2, 0.25) is 0 Å². The summed E-state index contributed by atoms with van der Waals surface area (Å²) >= 11 is 1.34. The van der Waals surface area contributed by atoms with Crippen LogP contribution >= 0.6 is 11.8 Å². The largest absolute Gasteiger partial charge is 0.384 e. The summed E-state index contributed by atoms with van der Waals surface area (Å²) in [4.78, 5) is 36.4. The number of rotatable bonds is 4. The van der Waals surface area contributed by atoms with Crippen molar-refractivity contribution >= 4 is 29.2 Å². The highest BCUT2D eigenvalue weighted by molar-refractivity contribution is 7.99. The van der Waals surface area contributed by atoms with Crippen molar-refractivity contribution in [3.8, 4) is 6.07 Å². The van der Waals surface area contributed by atoms with Crippen LogP contribution in [-0.4, -0.2) is 21.6 Å². The van der Waals surface area contributed by atoms with E-state index in [1.807, 2.05) is 6.92 Å². The Morgan fingerprint density at radius 2 is 1.94 bits per heavy atom. The molecular formula is C24H19FN6O2S. The smallest absolute Gasteiger partial charge is 0.258 e. The molecule has 1 amide bonds. The first kappa shape index (κ1) is 21.7. The lowest BCUT2D eigenvalue weighted by Crippen LogP contribution is -2.49. The Morgan fingerprint density at radius 3 is 2.65 bits per heavy atom. The summed E-state index contributed by atoms with van der Waals surface area (Å²) in [6.07, 6.45) is 0. The second-order valence-corrected chi connectivity index (χ2v) is 9.09. The number of carbonyl (C=O) groups is 1. The number of anilines is 2. The Hall–Kier alpha value is -4.10. The molecule has 1 atom stereocenters. The highest BCUT2D eigenvalue weighted by atomic mass is 32.2. The molecule has 0 saturated heterocycles.